The second-order valence-corrected chi connectivity index (χ2v) is 4.64. The lowest BCUT2D eigenvalue weighted by Gasteiger charge is -2.25. The van der Waals surface area contributed by atoms with Crippen molar-refractivity contribution in [3.63, 3.8) is 0 Å². The Morgan fingerprint density at radius 3 is 3.06 bits per heavy atom. The van der Waals surface area contributed by atoms with Crippen LogP contribution in [0.3, 0.4) is 0 Å². The highest BCUT2D eigenvalue weighted by atomic mass is 16.5. The highest BCUT2D eigenvalue weighted by molar-refractivity contribution is 5.75. The summed E-state index contributed by atoms with van der Waals surface area (Å²) in [7, 11) is 0. The van der Waals surface area contributed by atoms with Crippen LogP contribution in [0.5, 0.6) is 0 Å². The van der Waals surface area contributed by atoms with Gasteiger partial charge < -0.3 is 15.5 Å². The molecule has 0 aromatic carbocycles. The standard InChI is InChI=1S/C12H19N3O2/c13-11(6-10-7-14-8-15-10)12(16)17-5-4-9-2-1-3-9/h7-9,11H,1-6,13H2,(H,14,15)/t11-/m1/s1. The fraction of sp³-hybridized carbons (Fsp3) is 0.667. The first-order valence-electron chi connectivity index (χ1n) is 6.15. The van der Waals surface area contributed by atoms with Crippen LogP contribution in [0.15, 0.2) is 12.5 Å². The molecule has 2 rings (SSSR count). The molecule has 1 aromatic rings. The molecule has 0 bridgehead atoms. The van der Waals surface area contributed by atoms with Crippen LogP contribution in [-0.2, 0) is 16.0 Å². The Morgan fingerprint density at radius 1 is 1.65 bits per heavy atom. The Morgan fingerprint density at radius 2 is 2.47 bits per heavy atom. The van der Waals surface area contributed by atoms with Gasteiger partial charge in [-0.2, -0.15) is 0 Å². The third-order valence-electron chi connectivity index (χ3n) is 3.29. The van der Waals surface area contributed by atoms with Crippen molar-refractivity contribution in [2.24, 2.45) is 11.7 Å². The lowest BCUT2D eigenvalue weighted by Crippen LogP contribution is -2.35. The highest BCUT2D eigenvalue weighted by Gasteiger charge is 2.19. The first-order valence-corrected chi connectivity index (χ1v) is 6.15. The SMILES string of the molecule is N[C@H](Cc1cnc[nH]1)C(=O)OCCC1CCC1. The third-order valence-corrected chi connectivity index (χ3v) is 3.29. The van der Waals surface area contributed by atoms with E-state index in [1.807, 2.05) is 0 Å². The molecule has 1 atom stereocenters. The van der Waals surface area contributed by atoms with E-state index in [2.05, 4.69) is 9.97 Å². The average molecular weight is 237 g/mol. The van der Waals surface area contributed by atoms with E-state index >= 15 is 0 Å². The van der Waals surface area contributed by atoms with Crippen molar-refractivity contribution in [2.45, 2.75) is 38.1 Å². The molecule has 1 aliphatic carbocycles. The maximum Gasteiger partial charge on any atom is 0.323 e. The predicted octanol–water partition coefficient (Wildman–Crippen LogP) is 1.01. The number of hydrogen-bond acceptors (Lipinski definition) is 4. The van der Waals surface area contributed by atoms with Crippen molar-refractivity contribution in [3.8, 4) is 0 Å². The summed E-state index contributed by atoms with van der Waals surface area (Å²) in [6.07, 6.45) is 8.53. The maximum absolute atomic E-state index is 11.6. The molecule has 1 fully saturated rings. The minimum absolute atomic E-state index is 0.320. The summed E-state index contributed by atoms with van der Waals surface area (Å²) < 4.78 is 5.16. The van der Waals surface area contributed by atoms with Gasteiger partial charge >= 0.3 is 5.97 Å². The summed E-state index contributed by atoms with van der Waals surface area (Å²) in [4.78, 5) is 18.4. The van der Waals surface area contributed by atoms with Crippen LogP contribution < -0.4 is 5.73 Å². The molecule has 1 aliphatic rings. The van der Waals surface area contributed by atoms with Gasteiger partial charge in [-0.3, -0.25) is 4.79 Å². The molecule has 1 saturated carbocycles. The first kappa shape index (κ1) is 12.1. The van der Waals surface area contributed by atoms with E-state index in [0.29, 0.717) is 13.0 Å². The van der Waals surface area contributed by atoms with Crippen molar-refractivity contribution in [1.29, 1.82) is 0 Å². The van der Waals surface area contributed by atoms with Crippen LogP contribution in [-0.4, -0.2) is 28.6 Å². The topological polar surface area (TPSA) is 81.0 Å². The quantitative estimate of drug-likeness (QED) is 0.724. The van der Waals surface area contributed by atoms with Gasteiger partial charge in [0.05, 0.1) is 12.9 Å². The zero-order valence-electron chi connectivity index (χ0n) is 9.89. The number of aromatic nitrogens is 2. The van der Waals surface area contributed by atoms with Gasteiger partial charge in [0.1, 0.15) is 6.04 Å². The van der Waals surface area contributed by atoms with E-state index in [0.717, 1.165) is 18.0 Å². The molecule has 17 heavy (non-hydrogen) atoms. The maximum atomic E-state index is 11.6. The van der Waals surface area contributed by atoms with Gasteiger partial charge in [-0.05, 0) is 12.3 Å². The molecule has 5 heteroatoms. The highest BCUT2D eigenvalue weighted by Crippen LogP contribution is 2.29. The summed E-state index contributed by atoms with van der Waals surface area (Å²) in [6, 6.07) is -0.600. The molecular formula is C12H19N3O2. The smallest absolute Gasteiger partial charge is 0.323 e. The number of rotatable bonds is 6. The molecule has 0 amide bonds. The summed E-state index contributed by atoms with van der Waals surface area (Å²) in [5.74, 6) is 0.436. The summed E-state index contributed by atoms with van der Waals surface area (Å²) in [5.41, 5.74) is 6.60. The lowest BCUT2D eigenvalue weighted by molar-refractivity contribution is -0.145. The molecule has 0 spiro atoms. The van der Waals surface area contributed by atoms with Gasteiger partial charge in [0.2, 0.25) is 0 Å². The number of ether oxygens (including phenoxy) is 1. The van der Waals surface area contributed by atoms with Crippen LogP contribution in [0.2, 0.25) is 0 Å². The Bertz CT molecular complexity index is 347. The van der Waals surface area contributed by atoms with Crippen LogP contribution in [0, 0.1) is 5.92 Å². The summed E-state index contributed by atoms with van der Waals surface area (Å²) in [5, 5.41) is 0. The van der Waals surface area contributed by atoms with Crippen LogP contribution >= 0.6 is 0 Å². The van der Waals surface area contributed by atoms with Crippen molar-refractivity contribution >= 4 is 5.97 Å². The van der Waals surface area contributed by atoms with Crippen LogP contribution in [0.25, 0.3) is 0 Å². The summed E-state index contributed by atoms with van der Waals surface area (Å²) >= 11 is 0. The zero-order valence-corrected chi connectivity index (χ0v) is 9.89. The van der Waals surface area contributed by atoms with Crippen LogP contribution in [0.1, 0.15) is 31.4 Å². The van der Waals surface area contributed by atoms with Gasteiger partial charge in [0.25, 0.3) is 0 Å². The van der Waals surface area contributed by atoms with Crippen LogP contribution in [0.4, 0.5) is 0 Å². The van der Waals surface area contributed by atoms with E-state index in [9.17, 15) is 4.79 Å². The predicted molar refractivity (Wildman–Crippen MR) is 63.2 cm³/mol. The van der Waals surface area contributed by atoms with Crippen molar-refractivity contribution in [2.75, 3.05) is 6.61 Å². The fourth-order valence-electron chi connectivity index (χ4n) is 1.93. The molecule has 0 saturated heterocycles. The largest absolute Gasteiger partial charge is 0.465 e. The van der Waals surface area contributed by atoms with Gasteiger partial charge in [-0.1, -0.05) is 19.3 Å². The van der Waals surface area contributed by atoms with E-state index in [4.69, 9.17) is 10.5 Å². The number of imidazole rings is 1. The zero-order chi connectivity index (χ0) is 12.1. The number of hydrogen-bond donors (Lipinski definition) is 2. The second-order valence-electron chi connectivity index (χ2n) is 4.64. The third kappa shape index (κ3) is 3.56. The number of H-pyrrole nitrogens is 1. The van der Waals surface area contributed by atoms with E-state index in [1.165, 1.54) is 19.3 Å². The molecule has 1 heterocycles. The second kappa shape index (κ2) is 5.82. The number of esters is 1. The van der Waals surface area contributed by atoms with Gasteiger partial charge in [0.15, 0.2) is 0 Å². The monoisotopic (exact) mass is 237 g/mol. The average Bonchev–Trinajstić information content (AvgIpc) is 2.74. The van der Waals surface area contributed by atoms with Crippen molar-refractivity contribution < 1.29 is 9.53 Å². The molecule has 1 aromatic heterocycles. The minimum Gasteiger partial charge on any atom is -0.465 e. The number of aromatic amines is 1. The van der Waals surface area contributed by atoms with E-state index in [1.54, 1.807) is 12.5 Å². The Hall–Kier alpha value is -1.36. The van der Waals surface area contributed by atoms with Crippen molar-refractivity contribution in [3.05, 3.63) is 18.2 Å². The molecule has 0 aliphatic heterocycles. The van der Waals surface area contributed by atoms with E-state index < -0.39 is 6.04 Å². The molecule has 5 nitrogen and oxygen atoms in total. The normalized spacial score (nSPS) is 17.5. The fourth-order valence-corrected chi connectivity index (χ4v) is 1.93. The summed E-state index contributed by atoms with van der Waals surface area (Å²) in [6.45, 7) is 0.500. The van der Waals surface area contributed by atoms with Gasteiger partial charge in [-0.15, -0.1) is 0 Å². The van der Waals surface area contributed by atoms with Gasteiger partial charge in [0, 0.05) is 18.3 Å². The molecular weight excluding hydrogens is 218 g/mol. The lowest BCUT2D eigenvalue weighted by atomic mass is 9.83. The number of carbonyl (C=O) groups excluding carboxylic acids is 1. The Balaban J connectivity index is 1.64. The minimum atomic E-state index is -0.600. The first-order chi connectivity index (χ1) is 8.25. The molecule has 94 valence electrons. The Kier molecular flexibility index (Phi) is 4.14. The number of nitrogens with one attached hydrogen (secondary N) is 1. The molecule has 0 unspecified atom stereocenters. The number of nitrogens with zero attached hydrogens (tertiary/aromatic N) is 1. The molecule has 3 N–H and O–H groups in total. The molecule has 0 radical (unpaired) electrons. The van der Waals surface area contributed by atoms with Crippen molar-refractivity contribution in [1.82, 2.24) is 9.97 Å². The number of nitrogens with two attached hydrogens (primary N) is 1. The Labute approximate surface area is 101 Å². The van der Waals surface area contributed by atoms with Gasteiger partial charge in [-0.25, -0.2) is 4.98 Å². The number of carbonyl (C=O) groups is 1. The van der Waals surface area contributed by atoms with E-state index in [-0.39, 0.29) is 5.97 Å².